The molecule has 0 amide bonds. The minimum absolute atomic E-state index is 0.0775. The average molecular weight is 207 g/mol. The first-order valence-corrected chi connectivity index (χ1v) is 5.77. The van der Waals surface area contributed by atoms with Crippen molar-refractivity contribution in [3.05, 3.63) is 35.6 Å². The molecule has 1 aromatic rings. The monoisotopic (exact) mass is 207 g/mol. The highest BCUT2D eigenvalue weighted by Crippen LogP contribution is 2.31. The summed E-state index contributed by atoms with van der Waals surface area (Å²) < 4.78 is 12.7. The van der Waals surface area contributed by atoms with Gasteiger partial charge in [-0.3, -0.25) is 0 Å². The molecule has 1 aromatic carbocycles. The molecule has 1 aliphatic carbocycles. The summed E-state index contributed by atoms with van der Waals surface area (Å²) in [6.45, 7) is 0. The van der Waals surface area contributed by atoms with E-state index in [2.05, 4.69) is 0 Å². The van der Waals surface area contributed by atoms with Crippen molar-refractivity contribution in [2.24, 2.45) is 11.7 Å². The maximum absolute atomic E-state index is 12.7. The molecular formula is C13H18FN. The van der Waals surface area contributed by atoms with Crippen LogP contribution in [0.3, 0.4) is 0 Å². The van der Waals surface area contributed by atoms with Gasteiger partial charge in [-0.15, -0.1) is 0 Å². The molecular weight excluding hydrogens is 189 g/mol. The van der Waals surface area contributed by atoms with Crippen molar-refractivity contribution in [3.63, 3.8) is 0 Å². The molecule has 1 nitrogen and oxygen atoms in total. The third kappa shape index (κ3) is 2.78. The first-order chi connectivity index (χ1) is 7.25. The Hall–Kier alpha value is -0.890. The average Bonchev–Trinajstić information content (AvgIpc) is 2.71. The van der Waals surface area contributed by atoms with Crippen LogP contribution in [-0.2, 0) is 0 Å². The second-order valence-electron chi connectivity index (χ2n) is 4.54. The van der Waals surface area contributed by atoms with Crippen LogP contribution in [0.2, 0.25) is 0 Å². The lowest BCUT2D eigenvalue weighted by Gasteiger charge is -2.16. The molecule has 15 heavy (non-hydrogen) atoms. The molecule has 1 saturated carbocycles. The highest BCUT2D eigenvalue weighted by Gasteiger charge is 2.18. The Morgan fingerprint density at radius 3 is 2.40 bits per heavy atom. The van der Waals surface area contributed by atoms with E-state index in [-0.39, 0.29) is 11.9 Å². The molecule has 0 aromatic heterocycles. The van der Waals surface area contributed by atoms with Crippen molar-refractivity contribution in [1.82, 2.24) is 0 Å². The van der Waals surface area contributed by atoms with Crippen molar-refractivity contribution in [2.45, 2.75) is 38.1 Å². The maximum Gasteiger partial charge on any atom is 0.123 e. The number of benzene rings is 1. The number of nitrogens with two attached hydrogens (primary N) is 1. The SMILES string of the molecule is NC(CC1CCCC1)c1ccc(F)cc1. The zero-order valence-corrected chi connectivity index (χ0v) is 8.95. The summed E-state index contributed by atoms with van der Waals surface area (Å²) in [7, 11) is 0. The molecule has 0 aliphatic heterocycles. The van der Waals surface area contributed by atoms with E-state index in [1.165, 1.54) is 37.8 Å². The number of rotatable bonds is 3. The number of hydrogen-bond donors (Lipinski definition) is 1. The lowest BCUT2D eigenvalue weighted by atomic mass is 9.94. The second kappa shape index (κ2) is 4.75. The summed E-state index contributed by atoms with van der Waals surface area (Å²) in [6, 6.07) is 6.66. The van der Waals surface area contributed by atoms with Gasteiger partial charge in [0.1, 0.15) is 5.82 Å². The highest BCUT2D eigenvalue weighted by atomic mass is 19.1. The Labute approximate surface area is 90.5 Å². The molecule has 1 unspecified atom stereocenters. The summed E-state index contributed by atoms with van der Waals surface area (Å²) >= 11 is 0. The van der Waals surface area contributed by atoms with Crippen LogP contribution in [-0.4, -0.2) is 0 Å². The molecule has 0 spiro atoms. The lowest BCUT2D eigenvalue weighted by Crippen LogP contribution is -2.14. The minimum atomic E-state index is -0.188. The van der Waals surface area contributed by atoms with Crippen LogP contribution in [0.15, 0.2) is 24.3 Å². The quantitative estimate of drug-likeness (QED) is 0.807. The molecule has 1 aliphatic rings. The van der Waals surface area contributed by atoms with Gasteiger partial charge >= 0.3 is 0 Å². The summed E-state index contributed by atoms with van der Waals surface area (Å²) in [5.74, 6) is 0.594. The Bertz CT molecular complexity index is 301. The fourth-order valence-electron chi connectivity index (χ4n) is 2.45. The maximum atomic E-state index is 12.7. The molecule has 0 bridgehead atoms. The number of hydrogen-bond acceptors (Lipinski definition) is 1. The van der Waals surface area contributed by atoms with Crippen LogP contribution in [0.25, 0.3) is 0 Å². The summed E-state index contributed by atoms with van der Waals surface area (Å²) in [5.41, 5.74) is 7.16. The van der Waals surface area contributed by atoms with Crippen molar-refractivity contribution in [1.29, 1.82) is 0 Å². The van der Waals surface area contributed by atoms with Crippen molar-refractivity contribution >= 4 is 0 Å². The first-order valence-electron chi connectivity index (χ1n) is 5.77. The van der Waals surface area contributed by atoms with Crippen molar-refractivity contribution < 1.29 is 4.39 Å². The third-order valence-electron chi connectivity index (χ3n) is 3.36. The van der Waals surface area contributed by atoms with Crippen molar-refractivity contribution in [2.75, 3.05) is 0 Å². The van der Waals surface area contributed by atoms with E-state index in [1.807, 2.05) is 0 Å². The van der Waals surface area contributed by atoms with E-state index in [9.17, 15) is 4.39 Å². The Morgan fingerprint density at radius 1 is 1.20 bits per heavy atom. The summed E-state index contributed by atoms with van der Waals surface area (Å²) in [4.78, 5) is 0. The lowest BCUT2D eigenvalue weighted by molar-refractivity contribution is 0.450. The Kier molecular flexibility index (Phi) is 3.37. The van der Waals surface area contributed by atoms with E-state index in [1.54, 1.807) is 12.1 Å². The molecule has 1 atom stereocenters. The zero-order valence-electron chi connectivity index (χ0n) is 8.95. The molecule has 0 radical (unpaired) electrons. The van der Waals surface area contributed by atoms with E-state index >= 15 is 0 Å². The van der Waals surface area contributed by atoms with Crippen molar-refractivity contribution in [3.8, 4) is 0 Å². The normalized spacial score (nSPS) is 19.3. The van der Waals surface area contributed by atoms with Gasteiger partial charge in [0, 0.05) is 6.04 Å². The molecule has 0 heterocycles. The molecule has 2 rings (SSSR count). The van der Waals surface area contributed by atoms with Crippen LogP contribution in [0, 0.1) is 11.7 Å². The molecule has 82 valence electrons. The standard InChI is InChI=1S/C13H18FN/c14-12-7-5-11(6-8-12)13(15)9-10-3-1-2-4-10/h5-8,10,13H,1-4,9,15H2. The van der Waals surface area contributed by atoms with Gasteiger partial charge in [0.2, 0.25) is 0 Å². The molecule has 2 N–H and O–H groups in total. The Morgan fingerprint density at radius 2 is 1.80 bits per heavy atom. The topological polar surface area (TPSA) is 26.0 Å². The van der Waals surface area contributed by atoms with E-state index in [0.29, 0.717) is 0 Å². The largest absolute Gasteiger partial charge is 0.324 e. The van der Waals surface area contributed by atoms with Gasteiger partial charge in [0.05, 0.1) is 0 Å². The second-order valence-corrected chi connectivity index (χ2v) is 4.54. The highest BCUT2D eigenvalue weighted by molar-refractivity contribution is 5.19. The molecule has 2 heteroatoms. The van der Waals surface area contributed by atoms with E-state index < -0.39 is 0 Å². The zero-order chi connectivity index (χ0) is 10.7. The third-order valence-corrected chi connectivity index (χ3v) is 3.36. The van der Waals surface area contributed by atoms with Gasteiger partial charge in [0.25, 0.3) is 0 Å². The molecule has 0 saturated heterocycles. The minimum Gasteiger partial charge on any atom is -0.324 e. The van der Waals surface area contributed by atoms with Gasteiger partial charge < -0.3 is 5.73 Å². The summed E-state index contributed by atoms with van der Waals surface area (Å²) in [5, 5.41) is 0. The van der Waals surface area contributed by atoms with Crippen LogP contribution in [0.4, 0.5) is 4.39 Å². The first kappa shape index (κ1) is 10.6. The van der Waals surface area contributed by atoms with Crippen LogP contribution < -0.4 is 5.73 Å². The van der Waals surface area contributed by atoms with Crippen LogP contribution in [0.1, 0.15) is 43.7 Å². The van der Waals surface area contributed by atoms with Gasteiger partial charge in [0.15, 0.2) is 0 Å². The smallest absolute Gasteiger partial charge is 0.123 e. The van der Waals surface area contributed by atoms with Gasteiger partial charge in [-0.05, 0) is 30.0 Å². The predicted molar refractivity (Wildman–Crippen MR) is 59.9 cm³/mol. The Balaban J connectivity index is 1.94. The predicted octanol–water partition coefficient (Wildman–Crippen LogP) is 3.41. The van der Waals surface area contributed by atoms with E-state index in [4.69, 9.17) is 5.73 Å². The van der Waals surface area contributed by atoms with Crippen LogP contribution >= 0.6 is 0 Å². The van der Waals surface area contributed by atoms with E-state index in [0.717, 1.165) is 17.9 Å². The fourth-order valence-corrected chi connectivity index (χ4v) is 2.45. The molecule has 1 fully saturated rings. The van der Waals surface area contributed by atoms with Crippen LogP contribution in [0.5, 0.6) is 0 Å². The summed E-state index contributed by atoms with van der Waals surface area (Å²) in [6.07, 6.45) is 6.37. The van der Waals surface area contributed by atoms with Gasteiger partial charge in [-0.2, -0.15) is 0 Å². The van der Waals surface area contributed by atoms with Gasteiger partial charge in [-0.25, -0.2) is 4.39 Å². The van der Waals surface area contributed by atoms with Gasteiger partial charge in [-0.1, -0.05) is 37.8 Å². The number of halogens is 1. The fraction of sp³-hybridized carbons (Fsp3) is 0.538.